The lowest BCUT2D eigenvalue weighted by atomic mass is 9.72. The van der Waals surface area contributed by atoms with Crippen molar-refractivity contribution in [2.24, 2.45) is 5.41 Å². The Morgan fingerprint density at radius 3 is 2.38 bits per heavy atom. The van der Waals surface area contributed by atoms with Crippen LogP contribution in [0.25, 0.3) is 10.1 Å². The molecule has 0 unspecified atom stereocenters. The number of benzene rings is 2. The van der Waals surface area contributed by atoms with Crippen LogP contribution < -0.4 is 15.2 Å². The molecule has 3 heterocycles. The van der Waals surface area contributed by atoms with Gasteiger partial charge in [0.1, 0.15) is 10.4 Å². The molecule has 3 aromatic rings. The number of nitro groups is 1. The Labute approximate surface area is 220 Å². The second-order valence-corrected chi connectivity index (χ2v) is 10.7. The summed E-state index contributed by atoms with van der Waals surface area (Å²) in [6, 6.07) is 6.84. The van der Waals surface area contributed by atoms with E-state index in [0.29, 0.717) is 37.3 Å². The van der Waals surface area contributed by atoms with Gasteiger partial charge in [-0.1, -0.05) is 23.5 Å². The molecule has 0 saturated carbocycles. The first-order valence-corrected chi connectivity index (χ1v) is 12.6. The molecule has 0 atom stereocenters. The summed E-state index contributed by atoms with van der Waals surface area (Å²) in [5, 5.41) is 11.3. The Balaban J connectivity index is 1.26. The zero-order valence-electron chi connectivity index (χ0n) is 20.0. The summed E-state index contributed by atoms with van der Waals surface area (Å²) in [5.74, 6) is -0.278. The first kappa shape index (κ1) is 27.1. The van der Waals surface area contributed by atoms with Gasteiger partial charge in [-0.3, -0.25) is 19.8 Å². The maximum Gasteiger partial charge on any atom is 0.573 e. The van der Waals surface area contributed by atoms with Gasteiger partial charge in [0.2, 0.25) is 0 Å². The summed E-state index contributed by atoms with van der Waals surface area (Å²) in [7, 11) is 0. The number of hydrogen-bond acceptors (Lipinski definition) is 8. The van der Waals surface area contributed by atoms with E-state index in [1.54, 1.807) is 11.0 Å². The number of ether oxygens (including phenoxy) is 1. The molecule has 2 aliphatic heterocycles. The molecule has 1 spiro atoms. The fourth-order valence-corrected chi connectivity index (χ4v) is 6.29. The Morgan fingerprint density at radius 1 is 1.08 bits per heavy atom. The summed E-state index contributed by atoms with van der Waals surface area (Å²) in [6.45, 7) is 2.88. The number of hydrogen-bond donors (Lipinski definition) is 0. The Hall–Kier alpha value is -3.46. The molecular weight excluding hydrogens is 554 g/mol. The number of nitrogens with zero attached hydrogens (tertiary/aromatic N) is 4. The molecule has 8 nitrogen and oxygen atoms in total. The van der Waals surface area contributed by atoms with Crippen molar-refractivity contribution in [2.45, 2.75) is 31.9 Å². The van der Waals surface area contributed by atoms with Crippen molar-refractivity contribution < 1.29 is 36.0 Å². The molecule has 2 saturated heterocycles. The fourth-order valence-electron chi connectivity index (χ4n) is 5.18. The molecule has 1 aromatic heterocycles. The Kier molecular flexibility index (Phi) is 6.69. The number of likely N-dealkylation sites (tertiary alicyclic amines) is 1. The zero-order chi connectivity index (χ0) is 28.2. The number of piperidine rings is 1. The Morgan fingerprint density at radius 2 is 1.77 bits per heavy atom. The van der Waals surface area contributed by atoms with E-state index in [-0.39, 0.29) is 21.0 Å². The largest absolute Gasteiger partial charge is 0.573 e. The van der Waals surface area contributed by atoms with E-state index in [2.05, 4.69) is 14.6 Å². The lowest BCUT2D eigenvalue weighted by molar-refractivity contribution is -0.383. The predicted octanol–water partition coefficient (Wildman–Crippen LogP) is 5.58. The van der Waals surface area contributed by atoms with Crippen LogP contribution in [0.15, 0.2) is 41.2 Å². The standard InChI is InChI=1S/C24H20F6N4O4S/c25-23(26,27)15-9-17-19(18(10-15)34(36)37)39-21(31-20(17)35)33-6-4-22(5-7-33)12-32(13-22)11-14-2-1-3-16(8-14)38-24(28,29)30/h1-3,8-10H,4-7,11-13H2. The van der Waals surface area contributed by atoms with Gasteiger partial charge in [-0.15, -0.1) is 13.2 Å². The predicted molar refractivity (Wildman–Crippen MR) is 130 cm³/mol. The van der Waals surface area contributed by atoms with Crippen molar-refractivity contribution in [3.05, 3.63) is 68.0 Å². The van der Waals surface area contributed by atoms with Gasteiger partial charge in [0.15, 0.2) is 5.13 Å². The van der Waals surface area contributed by atoms with E-state index in [1.165, 1.54) is 18.2 Å². The van der Waals surface area contributed by atoms with Crippen molar-refractivity contribution in [1.82, 2.24) is 9.88 Å². The van der Waals surface area contributed by atoms with Crippen molar-refractivity contribution >= 4 is 32.2 Å². The van der Waals surface area contributed by atoms with Gasteiger partial charge in [-0.05, 0) is 42.0 Å². The molecule has 2 aromatic carbocycles. The molecule has 0 bridgehead atoms. The fraction of sp³-hybridized carbons (Fsp3) is 0.417. The molecule has 2 aliphatic rings. The third-order valence-corrected chi connectivity index (χ3v) is 8.13. The number of anilines is 1. The lowest BCUT2D eigenvalue weighted by Gasteiger charge is -2.54. The Bertz CT molecular complexity index is 1480. The van der Waals surface area contributed by atoms with Gasteiger partial charge >= 0.3 is 12.5 Å². The summed E-state index contributed by atoms with van der Waals surface area (Å²) >= 11 is 0.819. The minimum absolute atomic E-state index is 0.0218. The van der Waals surface area contributed by atoms with Crippen LogP contribution in [-0.4, -0.2) is 47.3 Å². The summed E-state index contributed by atoms with van der Waals surface area (Å²) < 4.78 is 80.9. The smallest absolute Gasteiger partial charge is 0.406 e. The van der Waals surface area contributed by atoms with E-state index < -0.39 is 39.7 Å². The topological polar surface area (TPSA) is 88.8 Å². The maximum absolute atomic E-state index is 13.2. The van der Waals surface area contributed by atoms with Crippen LogP contribution in [0.5, 0.6) is 5.75 Å². The number of aromatic nitrogens is 1. The average molecular weight is 575 g/mol. The molecule has 0 radical (unpaired) electrons. The van der Waals surface area contributed by atoms with E-state index >= 15 is 0 Å². The molecule has 15 heteroatoms. The number of non-ortho nitro benzene ring substituents is 1. The molecule has 2 fully saturated rings. The van der Waals surface area contributed by atoms with Crippen LogP contribution in [0.4, 0.5) is 37.2 Å². The number of nitro benzene ring substituents is 1. The highest BCUT2D eigenvalue weighted by atomic mass is 32.1. The van der Waals surface area contributed by atoms with E-state index in [4.69, 9.17) is 0 Å². The molecule has 0 N–H and O–H groups in total. The average Bonchev–Trinajstić information content (AvgIpc) is 2.81. The van der Waals surface area contributed by atoms with Gasteiger partial charge in [-0.2, -0.15) is 18.2 Å². The number of halogens is 6. The highest BCUT2D eigenvalue weighted by molar-refractivity contribution is 7.22. The molecule has 5 rings (SSSR count). The van der Waals surface area contributed by atoms with E-state index in [0.717, 1.165) is 37.3 Å². The van der Waals surface area contributed by atoms with Gasteiger partial charge < -0.3 is 9.64 Å². The molecule has 0 aliphatic carbocycles. The van der Waals surface area contributed by atoms with Gasteiger partial charge in [-0.25, -0.2) is 0 Å². The highest BCUT2D eigenvalue weighted by Gasteiger charge is 2.45. The van der Waals surface area contributed by atoms with Crippen LogP contribution in [-0.2, 0) is 12.7 Å². The van der Waals surface area contributed by atoms with Crippen molar-refractivity contribution in [3.63, 3.8) is 0 Å². The molecule has 208 valence electrons. The van der Waals surface area contributed by atoms with Gasteiger partial charge in [0, 0.05) is 38.8 Å². The third-order valence-electron chi connectivity index (χ3n) is 6.97. The van der Waals surface area contributed by atoms with Crippen LogP contribution in [0.1, 0.15) is 24.0 Å². The van der Waals surface area contributed by atoms with Crippen LogP contribution in [0, 0.1) is 15.5 Å². The first-order valence-electron chi connectivity index (χ1n) is 11.7. The SMILES string of the molecule is O=c1nc(N2CCC3(CC2)CN(Cc2cccc(OC(F)(F)F)c2)C3)sc2c([N+](=O)[O-])cc(C(F)(F)F)cc12. The monoisotopic (exact) mass is 574 g/mol. The molecule has 0 amide bonds. The lowest BCUT2D eigenvalue weighted by Crippen LogP contribution is -2.59. The minimum Gasteiger partial charge on any atom is -0.406 e. The third kappa shape index (κ3) is 5.78. The maximum atomic E-state index is 13.2. The first-order chi connectivity index (χ1) is 18.2. The minimum atomic E-state index is -4.85. The van der Waals surface area contributed by atoms with Crippen molar-refractivity contribution in [3.8, 4) is 5.75 Å². The highest BCUT2D eigenvalue weighted by Crippen LogP contribution is 2.43. The number of alkyl halides is 6. The van der Waals surface area contributed by atoms with Gasteiger partial charge in [0.05, 0.1) is 15.9 Å². The summed E-state index contributed by atoms with van der Waals surface area (Å²) in [5.41, 5.74) is -2.37. The van der Waals surface area contributed by atoms with Crippen LogP contribution in [0.3, 0.4) is 0 Å². The van der Waals surface area contributed by atoms with Crippen LogP contribution >= 0.6 is 11.3 Å². The van der Waals surface area contributed by atoms with Gasteiger partial charge in [0.25, 0.3) is 11.2 Å². The summed E-state index contributed by atoms with van der Waals surface area (Å²) in [6.07, 6.45) is -8.18. The van der Waals surface area contributed by atoms with Crippen molar-refractivity contribution in [1.29, 1.82) is 0 Å². The number of fused-ring (bicyclic) bond motifs is 1. The quantitative estimate of drug-likeness (QED) is 0.223. The zero-order valence-corrected chi connectivity index (χ0v) is 20.8. The molecular formula is C24H20F6N4O4S. The van der Waals surface area contributed by atoms with E-state index in [9.17, 15) is 41.3 Å². The van der Waals surface area contributed by atoms with E-state index in [1.807, 2.05) is 0 Å². The second kappa shape index (κ2) is 9.62. The normalized spacial score (nSPS) is 17.8. The second-order valence-electron chi connectivity index (χ2n) is 9.76. The van der Waals surface area contributed by atoms with Crippen molar-refractivity contribution in [2.75, 3.05) is 31.1 Å². The molecule has 39 heavy (non-hydrogen) atoms. The number of rotatable bonds is 5. The van der Waals surface area contributed by atoms with Crippen LogP contribution in [0.2, 0.25) is 0 Å². The summed E-state index contributed by atoms with van der Waals surface area (Å²) in [4.78, 5) is 31.0.